The Hall–Kier alpha value is -1.73. The molecule has 18 heavy (non-hydrogen) atoms. The Kier molecular flexibility index (Phi) is 3.07. The standard InChI is InChI=1S/C11H9N5S2/c12-9-7-2-5-17-10(7)16-11(15-9)18-6-8-13-3-1-4-14-8/h1-5H,6H2,(H2,12,15,16). The Morgan fingerprint density at radius 3 is 2.89 bits per heavy atom. The molecular formula is C11H9N5S2. The van der Waals surface area contributed by atoms with Crippen molar-refractivity contribution in [3.63, 3.8) is 0 Å². The molecule has 0 aliphatic rings. The molecule has 90 valence electrons. The lowest BCUT2D eigenvalue weighted by Gasteiger charge is -2.01. The first kappa shape index (κ1) is 11.4. The molecule has 0 unspecified atom stereocenters. The number of nitrogen functional groups attached to an aromatic ring is 1. The Morgan fingerprint density at radius 1 is 1.22 bits per heavy atom. The predicted molar refractivity (Wildman–Crippen MR) is 73.4 cm³/mol. The summed E-state index contributed by atoms with van der Waals surface area (Å²) in [5, 5.41) is 3.54. The molecule has 0 radical (unpaired) electrons. The minimum atomic E-state index is 0.526. The van der Waals surface area contributed by atoms with Crippen LogP contribution in [0, 0.1) is 0 Å². The second kappa shape index (κ2) is 4.87. The molecule has 5 nitrogen and oxygen atoms in total. The lowest BCUT2D eigenvalue weighted by Crippen LogP contribution is -1.96. The van der Waals surface area contributed by atoms with Gasteiger partial charge in [0, 0.05) is 12.4 Å². The van der Waals surface area contributed by atoms with Crippen LogP contribution in [0.1, 0.15) is 5.82 Å². The highest BCUT2D eigenvalue weighted by Crippen LogP contribution is 2.27. The van der Waals surface area contributed by atoms with Gasteiger partial charge in [0.1, 0.15) is 16.5 Å². The second-order valence-corrected chi connectivity index (χ2v) is 5.32. The summed E-state index contributed by atoms with van der Waals surface area (Å²) in [7, 11) is 0. The molecular weight excluding hydrogens is 266 g/mol. The zero-order valence-corrected chi connectivity index (χ0v) is 10.9. The maximum absolute atomic E-state index is 5.88. The zero-order valence-electron chi connectivity index (χ0n) is 9.28. The number of anilines is 1. The van der Waals surface area contributed by atoms with Crippen LogP contribution < -0.4 is 5.73 Å². The van der Waals surface area contributed by atoms with Crippen molar-refractivity contribution in [1.29, 1.82) is 0 Å². The van der Waals surface area contributed by atoms with Crippen LogP contribution in [0.25, 0.3) is 10.2 Å². The lowest BCUT2D eigenvalue weighted by atomic mass is 10.4. The Labute approximate surface area is 112 Å². The fourth-order valence-corrected chi connectivity index (χ4v) is 3.01. The molecule has 0 aliphatic carbocycles. The molecule has 3 aromatic rings. The third-order valence-electron chi connectivity index (χ3n) is 2.28. The van der Waals surface area contributed by atoms with Crippen LogP contribution >= 0.6 is 23.1 Å². The molecule has 0 amide bonds. The molecule has 0 aliphatic heterocycles. The predicted octanol–water partition coefficient (Wildman–Crippen LogP) is 2.36. The van der Waals surface area contributed by atoms with Crippen LogP contribution in [0.5, 0.6) is 0 Å². The molecule has 0 aromatic carbocycles. The molecule has 0 atom stereocenters. The molecule has 3 aromatic heterocycles. The summed E-state index contributed by atoms with van der Waals surface area (Å²) >= 11 is 3.05. The van der Waals surface area contributed by atoms with E-state index in [2.05, 4.69) is 19.9 Å². The number of nitrogens with zero attached hydrogens (tertiary/aromatic N) is 4. The van der Waals surface area contributed by atoms with Gasteiger partial charge in [0.15, 0.2) is 5.16 Å². The first-order chi connectivity index (χ1) is 8.83. The van der Waals surface area contributed by atoms with Gasteiger partial charge in [-0.3, -0.25) is 0 Å². The number of aromatic nitrogens is 4. The zero-order chi connectivity index (χ0) is 12.4. The molecule has 0 bridgehead atoms. The monoisotopic (exact) mass is 275 g/mol. The summed E-state index contributed by atoms with van der Waals surface area (Å²) in [6.45, 7) is 0. The minimum Gasteiger partial charge on any atom is -0.383 e. The van der Waals surface area contributed by atoms with Crippen molar-refractivity contribution >= 4 is 39.1 Å². The number of hydrogen-bond donors (Lipinski definition) is 1. The SMILES string of the molecule is Nc1nc(SCc2ncccn2)nc2sccc12. The smallest absolute Gasteiger partial charge is 0.191 e. The second-order valence-electron chi connectivity index (χ2n) is 3.48. The molecule has 0 saturated heterocycles. The lowest BCUT2D eigenvalue weighted by molar-refractivity contribution is 0.995. The van der Waals surface area contributed by atoms with Gasteiger partial charge in [-0.05, 0) is 17.5 Å². The van der Waals surface area contributed by atoms with Gasteiger partial charge in [-0.1, -0.05) is 11.8 Å². The van der Waals surface area contributed by atoms with Crippen molar-refractivity contribution in [3.05, 3.63) is 35.7 Å². The van der Waals surface area contributed by atoms with Crippen molar-refractivity contribution in [2.75, 3.05) is 5.73 Å². The summed E-state index contributed by atoms with van der Waals surface area (Å²) in [6, 6.07) is 3.73. The normalized spacial score (nSPS) is 10.9. The topological polar surface area (TPSA) is 77.6 Å². The van der Waals surface area contributed by atoms with Crippen molar-refractivity contribution in [1.82, 2.24) is 19.9 Å². The van der Waals surface area contributed by atoms with E-state index >= 15 is 0 Å². The van der Waals surface area contributed by atoms with Crippen molar-refractivity contribution in [2.45, 2.75) is 10.9 Å². The molecule has 0 fully saturated rings. The Bertz CT molecular complexity index is 668. The van der Waals surface area contributed by atoms with E-state index in [1.165, 1.54) is 11.8 Å². The van der Waals surface area contributed by atoms with Crippen LogP contribution in [-0.2, 0) is 5.75 Å². The fraction of sp³-hybridized carbons (Fsp3) is 0.0909. The van der Waals surface area contributed by atoms with Gasteiger partial charge in [-0.15, -0.1) is 11.3 Å². The fourth-order valence-electron chi connectivity index (χ4n) is 1.46. The molecule has 7 heteroatoms. The van der Waals surface area contributed by atoms with Gasteiger partial charge in [0.2, 0.25) is 0 Å². The highest BCUT2D eigenvalue weighted by Gasteiger charge is 2.07. The van der Waals surface area contributed by atoms with Crippen molar-refractivity contribution in [3.8, 4) is 0 Å². The van der Waals surface area contributed by atoms with Gasteiger partial charge < -0.3 is 5.73 Å². The number of hydrogen-bond acceptors (Lipinski definition) is 7. The van der Waals surface area contributed by atoms with E-state index < -0.39 is 0 Å². The quantitative estimate of drug-likeness (QED) is 0.584. The van der Waals surface area contributed by atoms with Crippen LogP contribution in [0.2, 0.25) is 0 Å². The number of fused-ring (bicyclic) bond motifs is 1. The van der Waals surface area contributed by atoms with E-state index in [1.54, 1.807) is 29.8 Å². The average Bonchev–Trinajstić information content (AvgIpc) is 2.86. The summed E-state index contributed by atoms with van der Waals surface area (Å²) in [5.74, 6) is 1.92. The largest absolute Gasteiger partial charge is 0.383 e. The van der Waals surface area contributed by atoms with Gasteiger partial charge in [0.05, 0.1) is 11.1 Å². The van der Waals surface area contributed by atoms with E-state index in [-0.39, 0.29) is 0 Å². The summed E-state index contributed by atoms with van der Waals surface area (Å²) < 4.78 is 0. The third kappa shape index (κ3) is 2.27. The maximum Gasteiger partial charge on any atom is 0.191 e. The van der Waals surface area contributed by atoms with Crippen LogP contribution in [0.4, 0.5) is 5.82 Å². The minimum absolute atomic E-state index is 0.526. The molecule has 0 saturated carbocycles. The molecule has 0 spiro atoms. The number of nitrogens with two attached hydrogens (primary N) is 1. The third-order valence-corrected chi connectivity index (χ3v) is 3.93. The van der Waals surface area contributed by atoms with Crippen LogP contribution in [0.3, 0.4) is 0 Å². The van der Waals surface area contributed by atoms with E-state index in [4.69, 9.17) is 5.73 Å². The molecule has 3 rings (SSSR count). The highest BCUT2D eigenvalue weighted by molar-refractivity contribution is 7.98. The van der Waals surface area contributed by atoms with Crippen molar-refractivity contribution < 1.29 is 0 Å². The Morgan fingerprint density at radius 2 is 2.06 bits per heavy atom. The van der Waals surface area contributed by atoms with Gasteiger partial charge in [-0.25, -0.2) is 19.9 Å². The summed E-state index contributed by atoms with van der Waals surface area (Å²) in [5.41, 5.74) is 5.88. The molecule has 2 N–H and O–H groups in total. The van der Waals surface area contributed by atoms with Crippen LogP contribution in [-0.4, -0.2) is 19.9 Å². The first-order valence-electron chi connectivity index (χ1n) is 5.22. The van der Waals surface area contributed by atoms with E-state index in [1.807, 2.05) is 11.4 Å². The highest BCUT2D eigenvalue weighted by atomic mass is 32.2. The van der Waals surface area contributed by atoms with E-state index in [0.29, 0.717) is 16.7 Å². The van der Waals surface area contributed by atoms with Crippen molar-refractivity contribution in [2.24, 2.45) is 0 Å². The molecule has 3 heterocycles. The maximum atomic E-state index is 5.88. The van der Waals surface area contributed by atoms with Gasteiger partial charge in [0.25, 0.3) is 0 Å². The number of rotatable bonds is 3. The van der Waals surface area contributed by atoms with Crippen LogP contribution in [0.15, 0.2) is 35.1 Å². The first-order valence-corrected chi connectivity index (χ1v) is 7.09. The summed E-state index contributed by atoms with van der Waals surface area (Å²) in [4.78, 5) is 17.9. The number of thioether (sulfide) groups is 1. The average molecular weight is 275 g/mol. The van der Waals surface area contributed by atoms with E-state index in [9.17, 15) is 0 Å². The van der Waals surface area contributed by atoms with Gasteiger partial charge in [-0.2, -0.15) is 0 Å². The van der Waals surface area contributed by atoms with E-state index in [0.717, 1.165) is 16.0 Å². The Balaban J connectivity index is 1.82. The number of thiophene rings is 1. The summed E-state index contributed by atoms with van der Waals surface area (Å²) in [6.07, 6.45) is 3.45. The van der Waals surface area contributed by atoms with Gasteiger partial charge >= 0.3 is 0 Å².